The van der Waals surface area contributed by atoms with Gasteiger partial charge >= 0.3 is 11.9 Å². The molecule has 0 aliphatic carbocycles. The van der Waals surface area contributed by atoms with Crippen molar-refractivity contribution in [2.24, 2.45) is 0 Å². The Kier molecular flexibility index (Phi) is 5.05. The van der Waals surface area contributed by atoms with E-state index in [4.69, 9.17) is 33.4 Å². The molecule has 1 aromatic rings. The average molecular weight is 295 g/mol. The second-order valence-corrected chi connectivity index (χ2v) is 3.84. The van der Waals surface area contributed by atoms with Crippen molar-refractivity contribution in [3.8, 4) is 0 Å². The van der Waals surface area contributed by atoms with Gasteiger partial charge in [-0.1, -0.05) is 0 Å². The normalized spacial score (nSPS) is 11.9. The number of anilines is 1. The van der Waals surface area contributed by atoms with E-state index in [1.807, 2.05) is 0 Å². The van der Waals surface area contributed by atoms with Crippen LogP contribution in [0.2, 0.25) is 10.6 Å². The van der Waals surface area contributed by atoms with Crippen molar-refractivity contribution < 1.29 is 19.8 Å². The molecule has 0 radical (unpaired) electrons. The fourth-order valence-corrected chi connectivity index (χ4v) is 1.43. The molecular weight excluding hydrogens is 287 g/mol. The zero-order chi connectivity index (χ0) is 13.7. The van der Waals surface area contributed by atoms with Crippen molar-refractivity contribution in [1.82, 2.24) is 15.0 Å². The molecule has 0 fully saturated rings. The van der Waals surface area contributed by atoms with Crippen molar-refractivity contribution in [2.75, 3.05) is 5.32 Å². The molecule has 0 amide bonds. The minimum absolute atomic E-state index is 0.127. The summed E-state index contributed by atoms with van der Waals surface area (Å²) in [6, 6.07) is -1.16. The summed E-state index contributed by atoms with van der Waals surface area (Å²) < 4.78 is 0. The van der Waals surface area contributed by atoms with Crippen molar-refractivity contribution in [3.63, 3.8) is 0 Å². The zero-order valence-electron chi connectivity index (χ0n) is 8.80. The summed E-state index contributed by atoms with van der Waals surface area (Å²) >= 11 is 11.0. The highest BCUT2D eigenvalue weighted by Crippen LogP contribution is 2.12. The van der Waals surface area contributed by atoms with Gasteiger partial charge in [0, 0.05) is 6.42 Å². The van der Waals surface area contributed by atoms with E-state index >= 15 is 0 Å². The standard InChI is InChI=1S/C8H8Cl2N4O4/c9-6-12-7(10)14-8(13-6)11-3(5(17)18)1-2-4(15)16/h3H,1-2H2,(H,15,16)(H,17,18)(H,11,12,13,14). The maximum Gasteiger partial charge on any atom is 0.326 e. The van der Waals surface area contributed by atoms with E-state index in [0.717, 1.165) is 0 Å². The summed E-state index contributed by atoms with van der Waals surface area (Å²) in [4.78, 5) is 32.0. The Balaban J connectivity index is 2.76. The van der Waals surface area contributed by atoms with Gasteiger partial charge in [0.05, 0.1) is 0 Å². The first-order chi connectivity index (χ1) is 8.38. The first-order valence-corrected chi connectivity index (χ1v) is 5.42. The molecule has 0 aromatic carbocycles. The van der Waals surface area contributed by atoms with Crippen molar-refractivity contribution in [3.05, 3.63) is 10.6 Å². The average Bonchev–Trinajstić information content (AvgIpc) is 2.22. The number of hydrogen-bond acceptors (Lipinski definition) is 6. The number of aromatic nitrogens is 3. The van der Waals surface area contributed by atoms with Crippen LogP contribution in [0, 0.1) is 0 Å². The van der Waals surface area contributed by atoms with Gasteiger partial charge < -0.3 is 15.5 Å². The molecule has 98 valence electrons. The Hall–Kier alpha value is -1.67. The van der Waals surface area contributed by atoms with E-state index in [-0.39, 0.29) is 29.4 Å². The van der Waals surface area contributed by atoms with Crippen molar-refractivity contribution in [1.29, 1.82) is 0 Å². The topological polar surface area (TPSA) is 125 Å². The van der Waals surface area contributed by atoms with Gasteiger partial charge in [0.2, 0.25) is 16.5 Å². The Bertz CT molecular complexity index is 450. The third-order valence-electron chi connectivity index (χ3n) is 1.83. The number of carboxylic acid groups (broad SMARTS) is 2. The Morgan fingerprint density at radius 3 is 2.17 bits per heavy atom. The number of hydrogen-bond donors (Lipinski definition) is 3. The van der Waals surface area contributed by atoms with Crippen LogP contribution in [0.5, 0.6) is 0 Å². The summed E-state index contributed by atoms with van der Waals surface area (Å²) in [5, 5.41) is 19.4. The Labute approximate surface area is 111 Å². The highest BCUT2D eigenvalue weighted by Gasteiger charge is 2.20. The lowest BCUT2D eigenvalue weighted by Crippen LogP contribution is -2.30. The second-order valence-electron chi connectivity index (χ2n) is 3.16. The summed E-state index contributed by atoms with van der Waals surface area (Å²) in [6.07, 6.45) is -0.442. The molecule has 0 saturated carbocycles. The predicted octanol–water partition coefficient (Wildman–Crippen LogP) is 0.908. The van der Waals surface area contributed by atoms with Crippen molar-refractivity contribution in [2.45, 2.75) is 18.9 Å². The van der Waals surface area contributed by atoms with Gasteiger partial charge in [0.1, 0.15) is 6.04 Å². The maximum atomic E-state index is 10.9. The van der Waals surface area contributed by atoms with Crippen LogP contribution < -0.4 is 5.32 Å². The molecule has 3 N–H and O–H groups in total. The molecule has 1 aromatic heterocycles. The third-order valence-corrected chi connectivity index (χ3v) is 2.17. The van der Waals surface area contributed by atoms with Crippen LogP contribution in [-0.2, 0) is 9.59 Å². The Morgan fingerprint density at radius 2 is 1.72 bits per heavy atom. The molecule has 8 nitrogen and oxygen atoms in total. The fraction of sp³-hybridized carbons (Fsp3) is 0.375. The molecule has 1 atom stereocenters. The predicted molar refractivity (Wildman–Crippen MR) is 61.8 cm³/mol. The van der Waals surface area contributed by atoms with Crippen molar-refractivity contribution >= 4 is 41.1 Å². The molecule has 1 unspecified atom stereocenters. The van der Waals surface area contributed by atoms with Gasteiger partial charge in [-0.2, -0.15) is 15.0 Å². The number of rotatable bonds is 6. The quantitative estimate of drug-likeness (QED) is 0.707. The number of aliphatic carboxylic acids is 2. The van der Waals surface area contributed by atoms with Gasteiger partial charge in [0.25, 0.3) is 0 Å². The molecule has 0 spiro atoms. The molecular formula is C8H8Cl2N4O4. The van der Waals surface area contributed by atoms with E-state index < -0.39 is 18.0 Å². The number of nitrogens with one attached hydrogen (secondary N) is 1. The van der Waals surface area contributed by atoms with Gasteiger partial charge in [-0.3, -0.25) is 4.79 Å². The van der Waals surface area contributed by atoms with Crippen LogP contribution in [0.1, 0.15) is 12.8 Å². The Morgan fingerprint density at radius 1 is 1.17 bits per heavy atom. The highest BCUT2D eigenvalue weighted by atomic mass is 35.5. The largest absolute Gasteiger partial charge is 0.481 e. The van der Waals surface area contributed by atoms with Gasteiger partial charge in [0.15, 0.2) is 0 Å². The van der Waals surface area contributed by atoms with E-state index in [0.29, 0.717) is 0 Å². The van der Waals surface area contributed by atoms with Crippen LogP contribution in [0.25, 0.3) is 0 Å². The highest BCUT2D eigenvalue weighted by molar-refractivity contribution is 6.31. The summed E-state index contributed by atoms with van der Waals surface area (Å²) in [5.74, 6) is -2.46. The lowest BCUT2D eigenvalue weighted by atomic mass is 10.1. The molecule has 0 aliphatic rings. The minimum atomic E-state index is -1.23. The summed E-state index contributed by atoms with van der Waals surface area (Å²) in [6.45, 7) is 0. The van der Waals surface area contributed by atoms with Gasteiger partial charge in [-0.25, -0.2) is 4.79 Å². The summed E-state index contributed by atoms with van der Waals surface area (Å²) in [7, 11) is 0. The van der Waals surface area contributed by atoms with Crippen LogP contribution in [0.15, 0.2) is 0 Å². The van der Waals surface area contributed by atoms with Crippen LogP contribution in [-0.4, -0.2) is 43.1 Å². The number of nitrogens with zero attached hydrogens (tertiary/aromatic N) is 3. The van der Waals surface area contributed by atoms with E-state index in [9.17, 15) is 9.59 Å². The minimum Gasteiger partial charge on any atom is -0.481 e. The SMILES string of the molecule is O=C(O)CCC(Nc1nc(Cl)nc(Cl)n1)C(=O)O. The monoisotopic (exact) mass is 294 g/mol. The van der Waals surface area contributed by atoms with E-state index in [1.165, 1.54) is 0 Å². The first kappa shape index (κ1) is 14.4. The zero-order valence-corrected chi connectivity index (χ0v) is 10.3. The van der Waals surface area contributed by atoms with Gasteiger partial charge in [-0.05, 0) is 29.6 Å². The molecule has 0 aliphatic heterocycles. The number of carboxylic acids is 2. The first-order valence-electron chi connectivity index (χ1n) is 4.66. The lowest BCUT2D eigenvalue weighted by molar-refractivity contribution is -0.139. The maximum absolute atomic E-state index is 10.9. The smallest absolute Gasteiger partial charge is 0.326 e. The second kappa shape index (κ2) is 6.31. The summed E-state index contributed by atoms with van der Waals surface area (Å²) in [5.41, 5.74) is 0. The fourth-order valence-electron chi connectivity index (χ4n) is 1.07. The van der Waals surface area contributed by atoms with E-state index in [1.54, 1.807) is 0 Å². The molecule has 0 saturated heterocycles. The molecule has 0 bridgehead atoms. The van der Waals surface area contributed by atoms with Crippen LogP contribution >= 0.6 is 23.2 Å². The molecule has 1 heterocycles. The lowest BCUT2D eigenvalue weighted by Gasteiger charge is -2.13. The number of carbonyl (C=O) groups is 2. The van der Waals surface area contributed by atoms with E-state index in [2.05, 4.69) is 20.3 Å². The van der Waals surface area contributed by atoms with Crippen LogP contribution in [0.3, 0.4) is 0 Å². The number of halogens is 2. The molecule has 18 heavy (non-hydrogen) atoms. The molecule has 10 heteroatoms. The van der Waals surface area contributed by atoms with Gasteiger partial charge in [-0.15, -0.1) is 0 Å². The molecule has 1 rings (SSSR count). The third kappa shape index (κ3) is 4.68. The van der Waals surface area contributed by atoms with Crippen LogP contribution in [0.4, 0.5) is 5.95 Å².